The van der Waals surface area contributed by atoms with Crippen LogP contribution >= 0.6 is 11.3 Å². The number of hydrogen-bond donors (Lipinski definition) is 1. The van der Waals surface area contributed by atoms with E-state index in [9.17, 15) is 4.79 Å². The standard InChI is InChI=1S/C21H22N4O3S/c1-27-15-6-7-16(18(11-15)28-2)23-20(26)17-13-29-21(24-17)14-5-8-19(22-12-14)25-9-3-4-10-25/h5-8,11-13H,3-4,9-10H2,1-2H3,(H,23,26). The third-order valence-corrected chi connectivity index (χ3v) is 5.71. The third-order valence-electron chi connectivity index (χ3n) is 4.82. The highest BCUT2D eigenvalue weighted by atomic mass is 32.1. The number of nitrogens with one attached hydrogen (secondary N) is 1. The Morgan fingerprint density at radius 3 is 2.66 bits per heavy atom. The minimum Gasteiger partial charge on any atom is -0.497 e. The van der Waals surface area contributed by atoms with Crippen LogP contribution in [0, 0.1) is 0 Å². The number of methoxy groups -OCH3 is 2. The number of nitrogens with zero attached hydrogens (tertiary/aromatic N) is 3. The van der Waals surface area contributed by atoms with Crippen molar-refractivity contribution >= 4 is 28.7 Å². The molecule has 2 aromatic heterocycles. The SMILES string of the molecule is COc1ccc(NC(=O)c2csc(-c3ccc(N4CCCC4)nc3)n2)c(OC)c1. The third kappa shape index (κ3) is 4.17. The minimum atomic E-state index is -0.294. The second-order valence-corrected chi connectivity index (χ2v) is 7.52. The van der Waals surface area contributed by atoms with Crippen LogP contribution in [-0.4, -0.2) is 43.2 Å². The molecule has 29 heavy (non-hydrogen) atoms. The summed E-state index contributed by atoms with van der Waals surface area (Å²) in [5, 5.41) is 5.35. The van der Waals surface area contributed by atoms with E-state index in [1.807, 2.05) is 18.3 Å². The highest BCUT2D eigenvalue weighted by Crippen LogP contribution is 2.30. The van der Waals surface area contributed by atoms with E-state index in [4.69, 9.17) is 9.47 Å². The van der Waals surface area contributed by atoms with Gasteiger partial charge in [0, 0.05) is 36.3 Å². The van der Waals surface area contributed by atoms with Crippen LogP contribution < -0.4 is 19.7 Å². The number of amides is 1. The maximum atomic E-state index is 12.6. The summed E-state index contributed by atoms with van der Waals surface area (Å²) in [7, 11) is 3.13. The Kier molecular flexibility index (Phi) is 5.62. The molecule has 0 saturated carbocycles. The molecular formula is C21H22N4O3S. The summed E-state index contributed by atoms with van der Waals surface area (Å²) in [4.78, 5) is 24.0. The Hall–Kier alpha value is -3.13. The van der Waals surface area contributed by atoms with Crippen molar-refractivity contribution < 1.29 is 14.3 Å². The van der Waals surface area contributed by atoms with Gasteiger partial charge in [-0.25, -0.2) is 9.97 Å². The highest BCUT2D eigenvalue weighted by Gasteiger charge is 2.16. The zero-order valence-corrected chi connectivity index (χ0v) is 17.2. The van der Waals surface area contributed by atoms with Crippen molar-refractivity contribution in [2.75, 3.05) is 37.5 Å². The zero-order valence-electron chi connectivity index (χ0n) is 16.3. The first kappa shape index (κ1) is 19.2. The van der Waals surface area contributed by atoms with E-state index in [0.717, 1.165) is 29.5 Å². The number of pyridine rings is 1. The Morgan fingerprint density at radius 2 is 1.97 bits per heavy atom. The topological polar surface area (TPSA) is 76.6 Å². The molecule has 0 spiro atoms. The Bertz CT molecular complexity index is 997. The first-order valence-electron chi connectivity index (χ1n) is 9.38. The predicted octanol–water partition coefficient (Wildman–Crippen LogP) is 4.07. The smallest absolute Gasteiger partial charge is 0.275 e. The van der Waals surface area contributed by atoms with E-state index in [0.29, 0.717) is 22.9 Å². The van der Waals surface area contributed by atoms with E-state index >= 15 is 0 Å². The highest BCUT2D eigenvalue weighted by molar-refractivity contribution is 7.13. The molecule has 0 radical (unpaired) electrons. The molecule has 0 unspecified atom stereocenters. The molecule has 150 valence electrons. The normalized spacial score (nSPS) is 13.4. The van der Waals surface area contributed by atoms with Gasteiger partial charge in [-0.15, -0.1) is 11.3 Å². The largest absolute Gasteiger partial charge is 0.497 e. The fourth-order valence-electron chi connectivity index (χ4n) is 3.24. The van der Waals surface area contributed by atoms with Crippen molar-refractivity contribution in [1.82, 2.24) is 9.97 Å². The molecule has 1 N–H and O–H groups in total. The number of benzene rings is 1. The molecule has 0 atom stereocenters. The molecule has 7 nitrogen and oxygen atoms in total. The van der Waals surface area contributed by atoms with Crippen LogP contribution in [0.1, 0.15) is 23.3 Å². The van der Waals surface area contributed by atoms with Gasteiger partial charge in [0.05, 0.1) is 19.9 Å². The van der Waals surface area contributed by atoms with Gasteiger partial charge >= 0.3 is 0 Å². The van der Waals surface area contributed by atoms with E-state index in [2.05, 4.69) is 20.2 Å². The number of aromatic nitrogens is 2. The number of ether oxygens (including phenoxy) is 2. The summed E-state index contributed by atoms with van der Waals surface area (Å²) < 4.78 is 10.5. The monoisotopic (exact) mass is 410 g/mol. The second kappa shape index (κ2) is 8.48. The van der Waals surface area contributed by atoms with Crippen molar-refractivity contribution in [2.45, 2.75) is 12.8 Å². The summed E-state index contributed by atoms with van der Waals surface area (Å²) >= 11 is 1.42. The predicted molar refractivity (Wildman–Crippen MR) is 114 cm³/mol. The molecule has 8 heteroatoms. The van der Waals surface area contributed by atoms with Crippen LogP contribution in [-0.2, 0) is 0 Å². The van der Waals surface area contributed by atoms with Gasteiger partial charge in [-0.2, -0.15) is 0 Å². The fourth-order valence-corrected chi connectivity index (χ4v) is 4.04. The van der Waals surface area contributed by atoms with Crippen LogP contribution in [0.2, 0.25) is 0 Å². The maximum absolute atomic E-state index is 12.6. The average molecular weight is 410 g/mol. The molecule has 1 aliphatic rings. The summed E-state index contributed by atoms with van der Waals surface area (Å²) in [5.74, 6) is 1.88. The molecular weight excluding hydrogens is 388 g/mol. The van der Waals surface area contributed by atoms with Gasteiger partial charge in [0.25, 0.3) is 5.91 Å². The van der Waals surface area contributed by atoms with E-state index in [1.54, 1.807) is 37.8 Å². The lowest BCUT2D eigenvalue weighted by Gasteiger charge is -2.15. The van der Waals surface area contributed by atoms with Crippen molar-refractivity contribution in [3.63, 3.8) is 0 Å². The molecule has 1 saturated heterocycles. The Morgan fingerprint density at radius 1 is 1.14 bits per heavy atom. The number of carbonyl (C=O) groups is 1. The first-order valence-corrected chi connectivity index (χ1v) is 10.3. The molecule has 1 fully saturated rings. The van der Waals surface area contributed by atoms with E-state index in [-0.39, 0.29) is 5.91 Å². The number of hydrogen-bond acceptors (Lipinski definition) is 7. The van der Waals surface area contributed by atoms with Crippen molar-refractivity contribution in [3.8, 4) is 22.1 Å². The molecule has 1 aromatic carbocycles. The van der Waals surface area contributed by atoms with Crippen LogP contribution in [0.3, 0.4) is 0 Å². The summed E-state index contributed by atoms with van der Waals surface area (Å²) in [5.41, 5.74) is 1.81. The van der Waals surface area contributed by atoms with Crippen LogP contribution in [0.15, 0.2) is 41.9 Å². The quantitative estimate of drug-likeness (QED) is 0.660. The van der Waals surface area contributed by atoms with Gasteiger partial charge in [-0.05, 0) is 37.1 Å². The number of anilines is 2. The molecule has 3 aromatic rings. The van der Waals surface area contributed by atoms with Gasteiger partial charge in [-0.1, -0.05) is 0 Å². The number of rotatable bonds is 6. The summed E-state index contributed by atoms with van der Waals surface area (Å²) in [6.45, 7) is 2.12. The van der Waals surface area contributed by atoms with Crippen LogP contribution in [0.25, 0.3) is 10.6 Å². The molecule has 3 heterocycles. The van der Waals surface area contributed by atoms with Gasteiger partial charge in [0.15, 0.2) is 0 Å². The zero-order chi connectivity index (χ0) is 20.2. The van der Waals surface area contributed by atoms with Crippen molar-refractivity contribution in [2.24, 2.45) is 0 Å². The van der Waals surface area contributed by atoms with Crippen LogP contribution in [0.5, 0.6) is 11.5 Å². The molecule has 1 amide bonds. The number of thiazole rings is 1. The molecule has 0 aliphatic carbocycles. The summed E-state index contributed by atoms with van der Waals surface area (Å²) in [6.07, 6.45) is 4.25. The number of carbonyl (C=O) groups excluding carboxylic acids is 1. The minimum absolute atomic E-state index is 0.294. The summed E-state index contributed by atoms with van der Waals surface area (Å²) in [6, 6.07) is 9.25. The van der Waals surface area contributed by atoms with Gasteiger partial charge in [0.1, 0.15) is 28.0 Å². The van der Waals surface area contributed by atoms with E-state index < -0.39 is 0 Å². The average Bonchev–Trinajstić information content (AvgIpc) is 3.46. The molecule has 1 aliphatic heterocycles. The fraction of sp³-hybridized carbons (Fsp3) is 0.286. The Balaban J connectivity index is 1.48. The van der Waals surface area contributed by atoms with Crippen molar-refractivity contribution in [1.29, 1.82) is 0 Å². The lowest BCUT2D eigenvalue weighted by atomic mass is 10.2. The second-order valence-electron chi connectivity index (χ2n) is 6.66. The lowest BCUT2D eigenvalue weighted by Crippen LogP contribution is -2.18. The molecule has 4 rings (SSSR count). The lowest BCUT2D eigenvalue weighted by molar-refractivity contribution is 0.102. The van der Waals surface area contributed by atoms with Gasteiger partial charge in [0.2, 0.25) is 0 Å². The van der Waals surface area contributed by atoms with Crippen LogP contribution in [0.4, 0.5) is 11.5 Å². The van der Waals surface area contributed by atoms with Gasteiger partial charge in [-0.3, -0.25) is 4.79 Å². The van der Waals surface area contributed by atoms with E-state index in [1.165, 1.54) is 24.2 Å². The van der Waals surface area contributed by atoms with Gasteiger partial charge < -0.3 is 19.7 Å². The first-order chi connectivity index (χ1) is 14.2. The Labute approximate surface area is 173 Å². The van der Waals surface area contributed by atoms with Crippen molar-refractivity contribution in [3.05, 3.63) is 47.6 Å². The maximum Gasteiger partial charge on any atom is 0.275 e. The molecule has 0 bridgehead atoms.